The van der Waals surface area contributed by atoms with Gasteiger partial charge in [0.1, 0.15) is 18.8 Å². The van der Waals surface area contributed by atoms with Gasteiger partial charge in [0, 0.05) is 24.5 Å². The summed E-state index contributed by atoms with van der Waals surface area (Å²) in [6, 6.07) is 0. The molecule has 1 saturated heterocycles. The second-order valence-corrected chi connectivity index (χ2v) is 7.30. The van der Waals surface area contributed by atoms with Crippen LogP contribution in [0.15, 0.2) is 47.1 Å². The highest BCUT2D eigenvalue weighted by Crippen LogP contribution is 2.36. The first-order valence-electron chi connectivity index (χ1n) is 9.76. The Hall–Kier alpha value is -2.71. The number of ether oxygens (including phenoxy) is 3. The molecule has 1 fully saturated rings. The number of aliphatic hydroxyl groups excluding tert-OH is 2. The first-order valence-corrected chi connectivity index (χ1v) is 9.76. The molecule has 8 heteroatoms. The fourth-order valence-electron chi connectivity index (χ4n) is 3.44. The Balaban J connectivity index is 2.41. The highest BCUT2D eigenvalue weighted by Gasteiger charge is 2.44. The number of carbonyl (C=O) groups excluding carboxylic acids is 3. The van der Waals surface area contributed by atoms with E-state index in [0.29, 0.717) is 18.4 Å². The average molecular weight is 420 g/mol. The molecule has 0 aromatic rings. The van der Waals surface area contributed by atoms with Gasteiger partial charge in [0.25, 0.3) is 0 Å². The van der Waals surface area contributed by atoms with E-state index >= 15 is 0 Å². The summed E-state index contributed by atoms with van der Waals surface area (Å²) in [6.07, 6.45) is 4.66. The van der Waals surface area contributed by atoms with E-state index in [9.17, 15) is 19.5 Å². The Morgan fingerprint density at radius 3 is 2.67 bits per heavy atom. The van der Waals surface area contributed by atoms with Crippen LogP contribution in [-0.2, 0) is 28.6 Å². The smallest absolute Gasteiger partial charge is 0.334 e. The third-order valence-electron chi connectivity index (χ3n) is 5.07. The van der Waals surface area contributed by atoms with E-state index in [1.165, 1.54) is 19.9 Å². The molecule has 3 atom stereocenters. The van der Waals surface area contributed by atoms with Crippen molar-refractivity contribution in [3.63, 3.8) is 0 Å². The van der Waals surface area contributed by atoms with E-state index in [1.54, 1.807) is 6.08 Å². The summed E-state index contributed by atoms with van der Waals surface area (Å²) in [6.45, 7) is 6.15. The topological polar surface area (TPSA) is 119 Å². The number of hydrogen-bond donors (Lipinski definition) is 2. The van der Waals surface area contributed by atoms with Gasteiger partial charge in [-0.15, -0.1) is 0 Å². The third-order valence-corrected chi connectivity index (χ3v) is 5.07. The summed E-state index contributed by atoms with van der Waals surface area (Å²) in [5, 5.41) is 18.8. The predicted molar refractivity (Wildman–Crippen MR) is 107 cm³/mol. The SMILES string of the molecule is C=C1C(=O)O[C@@H]2/C=C(\COC(C)=O)CC/C=C(\CO)C[C@@H](OC(=O)/C(C)=C/CO)[C@@H]12. The number of rotatable bonds is 6. The molecule has 0 spiro atoms. The molecule has 2 rings (SSSR count). The van der Waals surface area contributed by atoms with E-state index < -0.39 is 36.0 Å². The van der Waals surface area contributed by atoms with Gasteiger partial charge in [0.2, 0.25) is 0 Å². The molecule has 1 aliphatic carbocycles. The van der Waals surface area contributed by atoms with E-state index in [4.69, 9.17) is 19.3 Å². The molecule has 0 radical (unpaired) electrons. The second kappa shape index (κ2) is 10.9. The van der Waals surface area contributed by atoms with Gasteiger partial charge in [0.05, 0.1) is 19.1 Å². The van der Waals surface area contributed by atoms with E-state index in [0.717, 1.165) is 5.57 Å². The molecular weight excluding hydrogens is 392 g/mol. The number of esters is 3. The molecule has 0 aromatic carbocycles. The molecule has 2 N–H and O–H groups in total. The van der Waals surface area contributed by atoms with E-state index in [-0.39, 0.29) is 37.4 Å². The van der Waals surface area contributed by atoms with Crippen molar-refractivity contribution in [3.8, 4) is 0 Å². The largest absolute Gasteiger partial charge is 0.461 e. The molecule has 2 aliphatic rings. The van der Waals surface area contributed by atoms with Gasteiger partial charge >= 0.3 is 17.9 Å². The van der Waals surface area contributed by atoms with E-state index in [2.05, 4.69) is 6.58 Å². The van der Waals surface area contributed by atoms with Crippen molar-refractivity contribution >= 4 is 17.9 Å². The van der Waals surface area contributed by atoms with Crippen LogP contribution in [-0.4, -0.2) is 60.1 Å². The number of allylic oxidation sites excluding steroid dienone is 1. The fourth-order valence-corrected chi connectivity index (χ4v) is 3.44. The first kappa shape index (κ1) is 23.6. The standard InChI is InChI=1S/C22H28O8/c1-13(7-8-23)21(26)29-18-9-16(11-24)5-4-6-17(12-28-15(3)25)10-19-20(18)14(2)22(27)30-19/h5,7,10,18-20,23-24H,2,4,6,8-9,11-12H2,1,3H3/b13-7+,16-5-,17-10-/t18-,19-,20-/m1/s1. The van der Waals surface area contributed by atoms with Gasteiger partial charge in [-0.05, 0) is 43.1 Å². The molecule has 0 unspecified atom stereocenters. The lowest BCUT2D eigenvalue weighted by Gasteiger charge is -2.28. The monoisotopic (exact) mass is 420 g/mol. The summed E-state index contributed by atoms with van der Waals surface area (Å²) < 4.78 is 16.2. The number of aliphatic hydroxyl groups is 2. The highest BCUT2D eigenvalue weighted by molar-refractivity contribution is 5.92. The lowest BCUT2D eigenvalue weighted by molar-refractivity contribution is -0.147. The zero-order chi connectivity index (χ0) is 22.3. The van der Waals surface area contributed by atoms with Crippen LogP contribution in [0.5, 0.6) is 0 Å². The molecule has 1 heterocycles. The quantitative estimate of drug-likeness (QED) is 0.287. The Bertz CT molecular complexity index is 789. The minimum atomic E-state index is -0.814. The maximum atomic E-state index is 12.5. The molecule has 30 heavy (non-hydrogen) atoms. The Morgan fingerprint density at radius 2 is 2.03 bits per heavy atom. The minimum absolute atomic E-state index is 0.0493. The lowest BCUT2D eigenvalue weighted by Crippen LogP contribution is -2.34. The van der Waals surface area contributed by atoms with Gasteiger partial charge in [0.15, 0.2) is 0 Å². The Kier molecular flexibility index (Phi) is 8.56. The first-order chi connectivity index (χ1) is 14.3. The van der Waals surface area contributed by atoms with Crippen molar-refractivity contribution in [2.45, 2.75) is 45.3 Å². The number of hydrogen-bond acceptors (Lipinski definition) is 8. The van der Waals surface area contributed by atoms with Crippen LogP contribution in [0.3, 0.4) is 0 Å². The summed E-state index contributed by atoms with van der Waals surface area (Å²) in [7, 11) is 0. The minimum Gasteiger partial charge on any atom is -0.461 e. The van der Waals surface area contributed by atoms with Crippen LogP contribution in [0.25, 0.3) is 0 Å². The molecule has 164 valence electrons. The molecule has 0 amide bonds. The Morgan fingerprint density at radius 1 is 1.30 bits per heavy atom. The summed E-state index contributed by atoms with van der Waals surface area (Å²) >= 11 is 0. The normalized spacial score (nSPS) is 28.4. The predicted octanol–water partition coefficient (Wildman–Crippen LogP) is 1.53. The van der Waals surface area contributed by atoms with Crippen LogP contribution in [0.2, 0.25) is 0 Å². The van der Waals surface area contributed by atoms with Crippen LogP contribution < -0.4 is 0 Å². The average Bonchev–Trinajstić information content (AvgIpc) is 2.97. The molecule has 0 bridgehead atoms. The van der Waals surface area contributed by atoms with Crippen LogP contribution in [0, 0.1) is 5.92 Å². The molecular formula is C22H28O8. The van der Waals surface area contributed by atoms with Crippen LogP contribution in [0.1, 0.15) is 33.1 Å². The zero-order valence-electron chi connectivity index (χ0n) is 17.3. The van der Waals surface area contributed by atoms with Crippen molar-refractivity contribution in [1.29, 1.82) is 0 Å². The maximum absolute atomic E-state index is 12.5. The van der Waals surface area contributed by atoms with Gasteiger partial charge in [-0.25, -0.2) is 9.59 Å². The van der Waals surface area contributed by atoms with E-state index in [1.807, 2.05) is 6.08 Å². The zero-order valence-corrected chi connectivity index (χ0v) is 17.3. The van der Waals surface area contributed by atoms with Crippen molar-refractivity contribution < 1.29 is 38.8 Å². The van der Waals surface area contributed by atoms with Gasteiger partial charge in [-0.1, -0.05) is 12.7 Å². The summed E-state index contributed by atoms with van der Waals surface area (Å²) in [4.78, 5) is 35.9. The fraction of sp³-hybridized carbons (Fsp3) is 0.500. The summed E-state index contributed by atoms with van der Waals surface area (Å²) in [5.74, 6) is -2.32. The van der Waals surface area contributed by atoms with Gasteiger partial charge < -0.3 is 24.4 Å². The van der Waals surface area contributed by atoms with Crippen molar-refractivity contribution in [2.75, 3.05) is 19.8 Å². The lowest BCUT2D eigenvalue weighted by atomic mass is 9.85. The molecule has 8 nitrogen and oxygen atoms in total. The number of carbonyl (C=O) groups is 3. The van der Waals surface area contributed by atoms with Gasteiger partial charge in [-0.2, -0.15) is 0 Å². The van der Waals surface area contributed by atoms with Crippen LogP contribution >= 0.6 is 0 Å². The molecule has 0 aromatic heterocycles. The summed E-state index contributed by atoms with van der Waals surface area (Å²) in [5.41, 5.74) is 1.79. The number of fused-ring (bicyclic) bond motifs is 1. The van der Waals surface area contributed by atoms with Crippen molar-refractivity contribution in [3.05, 3.63) is 47.1 Å². The third kappa shape index (κ3) is 6.14. The van der Waals surface area contributed by atoms with Crippen molar-refractivity contribution in [1.82, 2.24) is 0 Å². The van der Waals surface area contributed by atoms with Crippen molar-refractivity contribution in [2.24, 2.45) is 5.92 Å². The maximum Gasteiger partial charge on any atom is 0.334 e. The van der Waals surface area contributed by atoms with Crippen LogP contribution in [0.4, 0.5) is 0 Å². The second-order valence-electron chi connectivity index (χ2n) is 7.30. The highest BCUT2D eigenvalue weighted by atomic mass is 16.6. The molecule has 0 saturated carbocycles. The Labute approximate surface area is 175 Å². The molecule has 1 aliphatic heterocycles. The van der Waals surface area contributed by atoms with Gasteiger partial charge in [-0.3, -0.25) is 4.79 Å².